The van der Waals surface area contributed by atoms with Crippen LogP contribution in [0.4, 0.5) is 0 Å². The standard InChI is InChI=1S/C17H22O/c1-2-7-3-6(1)12-8-4-9(13(7)12)15-11-5-10(14(8)15)16-17(11)18-16/h6-17H,1-5H2/t6?,7?,8?,9?,10?,11?,12?,13?,14?,15?,16-,17+. The highest BCUT2D eigenvalue weighted by Gasteiger charge is 2.76. The molecule has 6 saturated carbocycles. The minimum Gasteiger partial charge on any atom is -0.369 e. The van der Waals surface area contributed by atoms with Gasteiger partial charge in [0.05, 0.1) is 12.2 Å². The van der Waals surface area contributed by atoms with Crippen LogP contribution in [0, 0.1) is 59.2 Å². The van der Waals surface area contributed by atoms with Gasteiger partial charge in [-0.2, -0.15) is 0 Å². The fourth-order valence-electron chi connectivity index (χ4n) is 9.04. The molecule has 0 aromatic heterocycles. The zero-order valence-corrected chi connectivity index (χ0v) is 10.9. The maximum Gasteiger partial charge on any atom is 0.0875 e. The molecule has 6 aliphatic carbocycles. The predicted molar refractivity (Wildman–Crippen MR) is 66.6 cm³/mol. The van der Waals surface area contributed by atoms with E-state index in [1.165, 1.54) is 35.5 Å². The zero-order chi connectivity index (χ0) is 11.2. The highest BCUT2D eigenvalue weighted by molar-refractivity contribution is 5.24. The fourth-order valence-corrected chi connectivity index (χ4v) is 9.04. The van der Waals surface area contributed by atoms with E-state index in [-0.39, 0.29) is 0 Å². The summed E-state index contributed by atoms with van der Waals surface area (Å²) in [5.74, 6) is 11.4. The lowest BCUT2D eigenvalue weighted by molar-refractivity contribution is 0.0342. The Labute approximate surface area is 109 Å². The normalized spacial score (nSPS) is 80.0. The van der Waals surface area contributed by atoms with Crippen molar-refractivity contribution >= 4 is 0 Å². The van der Waals surface area contributed by atoms with Crippen LogP contribution >= 0.6 is 0 Å². The largest absolute Gasteiger partial charge is 0.369 e. The molecule has 1 heterocycles. The molecule has 96 valence electrons. The molecule has 1 saturated heterocycles. The number of rotatable bonds is 0. The Hall–Kier alpha value is -0.0400. The Kier molecular flexibility index (Phi) is 1.23. The SMILES string of the molecule is C1CC2CC1C1C3CC(C21)C1C3C2CC1[C@@H]1O[C@H]21. The van der Waals surface area contributed by atoms with Crippen LogP contribution < -0.4 is 0 Å². The lowest BCUT2D eigenvalue weighted by atomic mass is 9.60. The van der Waals surface area contributed by atoms with Crippen molar-refractivity contribution in [2.24, 2.45) is 59.2 Å². The summed E-state index contributed by atoms with van der Waals surface area (Å²) in [5.41, 5.74) is 0. The van der Waals surface area contributed by atoms with Crippen molar-refractivity contribution in [3.8, 4) is 0 Å². The van der Waals surface area contributed by atoms with Gasteiger partial charge in [0.25, 0.3) is 0 Å². The van der Waals surface area contributed by atoms with E-state index in [1.54, 1.807) is 32.1 Å². The minimum absolute atomic E-state index is 0.757. The van der Waals surface area contributed by atoms with Crippen molar-refractivity contribution in [2.45, 2.75) is 44.3 Å². The van der Waals surface area contributed by atoms with Gasteiger partial charge in [-0.15, -0.1) is 0 Å². The first-order valence-corrected chi connectivity index (χ1v) is 8.57. The van der Waals surface area contributed by atoms with Crippen LogP contribution in [0.5, 0.6) is 0 Å². The molecule has 1 nitrogen and oxygen atoms in total. The Morgan fingerprint density at radius 1 is 0.556 bits per heavy atom. The van der Waals surface area contributed by atoms with Crippen LogP contribution in [0.25, 0.3) is 0 Å². The summed E-state index contributed by atoms with van der Waals surface area (Å²) in [4.78, 5) is 0. The van der Waals surface area contributed by atoms with E-state index in [0.29, 0.717) is 0 Å². The van der Waals surface area contributed by atoms with Crippen molar-refractivity contribution in [2.75, 3.05) is 0 Å². The number of epoxide rings is 1. The topological polar surface area (TPSA) is 12.5 Å². The number of ether oxygens (including phenoxy) is 1. The summed E-state index contributed by atoms with van der Waals surface area (Å²) in [6.45, 7) is 0. The summed E-state index contributed by atoms with van der Waals surface area (Å²) in [7, 11) is 0. The summed E-state index contributed by atoms with van der Waals surface area (Å²) < 4.78 is 5.99. The van der Waals surface area contributed by atoms with Crippen molar-refractivity contribution < 1.29 is 4.74 Å². The maximum absolute atomic E-state index is 5.99. The Balaban J connectivity index is 1.38. The molecule has 7 rings (SSSR count). The maximum atomic E-state index is 5.99. The van der Waals surface area contributed by atoms with Gasteiger partial charge in [0.15, 0.2) is 0 Å². The first-order valence-electron chi connectivity index (χ1n) is 8.57. The Morgan fingerprint density at radius 3 is 1.72 bits per heavy atom. The van der Waals surface area contributed by atoms with E-state index in [9.17, 15) is 0 Å². The van der Waals surface area contributed by atoms with Crippen molar-refractivity contribution in [1.82, 2.24) is 0 Å². The third-order valence-corrected chi connectivity index (χ3v) is 8.95. The highest BCUT2D eigenvalue weighted by atomic mass is 16.6. The van der Waals surface area contributed by atoms with Gasteiger partial charge in [-0.1, -0.05) is 0 Å². The summed E-state index contributed by atoms with van der Waals surface area (Å²) in [5, 5.41) is 0. The smallest absolute Gasteiger partial charge is 0.0875 e. The van der Waals surface area contributed by atoms with E-state index in [4.69, 9.17) is 4.74 Å². The quantitative estimate of drug-likeness (QED) is 0.470. The van der Waals surface area contributed by atoms with Gasteiger partial charge in [-0.3, -0.25) is 0 Å². The first-order chi connectivity index (χ1) is 8.92. The fraction of sp³-hybridized carbons (Fsp3) is 1.00. The number of fused-ring (bicyclic) bond motifs is 19. The molecule has 0 spiro atoms. The van der Waals surface area contributed by atoms with Gasteiger partial charge in [-0.05, 0) is 91.3 Å². The molecule has 1 aliphatic heterocycles. The van der Waals surface area contributed by atoms with Crippen LogP contribution in [0.1, 0.15) is 32.1 Å². The zero-order valence-electron chi connectivity index (χ0n) is 10.9. The minimum atomic E-state index is 0.757. The Morgan fingerprint density at radius 2 is 1.11 bits per heavy atom. The van der Waals surface area contributed by atoms with Gasteiger partial charge in [0.1, 0.15) is 0 Å². The van der Waals surface area contributed by atoms with Gasteiger partial charge in [-0.25, -0.2) is 0 Å². The lowest BCUT2D eigenvalue weighted by Crippen LogP contribution is -2.42. The summed E-state index contributed by atoms with van der Waals surface area (Å²) in [6.07, 6.45) is 9.59. The Bertz CT molecular complexity index is 421. The first kappa shape index (κ1) is 9.00. The van der Waals surface area contributed by atoms with Crippen LogP contribution in [0.2, 0.25) is 0 Å². The second-order valence-corrected chi connectivity index (χ2v) is 8.83. The lowest BCUT2D eigenvalue weighted by Gasteiger charge is -2.44. The molecule has 0 N–H and O–H groups in total. The molecule has 6 bridgehead atoms. The van der Waals surface area contributed by atoms with Crippen molar-refractivity contribution in [1.29, 1.82) is 0 Å². The monoisotopic (exact) mass is 242 g/mol. The average Bonchev–Trinajstić information content (AvgIpc) is 2.96. The molecular formula is C17H22O. The second kappa shape index (κ2) is 2.45. The molecule has 0 radical (unpaired) electrons. The second-order valence-electron chi connectivity index (χ2n) is 8.83. The van der Waals surface area contributed by atoms with Crippen LogP contribution in [-0.4, -0.2) is 12.2 Å². The molecule has 0 aromatic carbocycles. The summed E-state index contributed by atoms with van der Waals surface area (Å²) >= 11 is 0. The van der Waals surface area contributed by atoms with Crippen LogP contribution in [0.15, 0.2) is 0 Å². The molecule has 0 aromatic rings. The van der Waals surface area contributed by atoms with Crippen LogP contribution in [-0.2, 0) is 4.74 Å². The van der Waals surface area contributed by atoms with Crippen molar-refractivity contribution in [3.63, 3.8) is 0 Å². The third kappa shape index (κ3) is 0.709. The van der Waals surface area contributed by atoms with Crippen LogP contribution in [0.3, 0.4) is 0 Å². The van der Waals surface area contributed by atoms with E-state index >= 15 is 0 Å². The van der Waals surface area contributed by atoms with Gasteiger partial charge in [0, 0.05) is 0 Å². The van der Waals surface area contributed by atoms with Crippen molar-refractivity contribution in [3.05, 3.63) is 0 Å². The van der Waals surface area contributed by atoms with E-state index in [1.807, 2.05) is 0 Å². The molecule has 10 unspecified atom stereocenters. The summed E-state index contributed by atoms with van der Waals surface area (Å²) in [6, 6.07) is 0. The molecule has 7 aliphatic rings. The number of hydrogen-bond acceptors (Lipinski definition) is 1. The highest BCUT2D eigenvalue weighted by Crippen LogP contribution is 2.78. The molecule has 12 atom stereocenters. The molecule has 7 fully saturated rings. The molecule has 18 heavy (non-hydrogen) atoms. The van der Waals surface area contributed by atoms with E-state index < -0.39 is 0 Å². The van der Waals surface area contributed by atoms with Gasteiger partial charge < -0.3 is 4.74 Å². The van der Waals surface area contributed by atoms with E-state index in [0.717, 1.165) is 35.9 Å². The van der Waals surface area contributed by atoms with Gasteiger partial charge >= 0.3 is 0 Å². The molecule has 1 heteroatoms. The van der Waals surface area contributed by atoms with Gasteiger partial charge in [0.2, 0.25) is 0 Å². The molecule has 0 amide bonds. The van der Waals surface area contributed by atoms with E-state index in [2.05, 4.69) is 0 Å². The third-order valence-electron chi connectivity index (χ3n) is 8.95. The average molecular weight is 242 g/mol. The molecular weight excluding hydrogens is 220 g/mol. The number of hydrogen-bond donors (Lipinski definition) is 0. The predicted octanol–water partition coefficient (Wildman–Crippen LogP) is 2.95.